The number of nitrogens with one attached hydrogen (secondary N) is 1. The maximum atomic E-state index is 13.2. The molecule has 0 spiro atoms. The van der Waals surface area contributed by atoms with Gasteiger partial charge in [-0.15, -0.1) is 11.3 Å². The summed E-state index contributed by atoms with van der Waals surface area (Å²) < 4.78 is 3.46. The minimum Gasteiger partial charge on any atom is -0.339 e. The molecule has 1 aliphatic heterocycles. The van der Waals surface area contributed by atoms with Crippen LogP contribution in [0.25, 0.3) is 10.7 Å². The first-order chi connectivity index (χ1) is 15.6. The van der Waals surface area contributed by atoms with Crippen LogP contribution in [-0.2, 0) is 6.42 Å². The molecule has 1 fully saturated rings. The predicted molar refractivity (Wildman–Crippen MR) is 123 cm³/mol. The second-order valence-corrected chi connectivity index (χ2v) is 8.99. The zero-order chi connectivity index (χ0) is 22.1. The van der Waals surface area contributed by atoms with Crippen molar-refractivity contribution in [2.45, 2.75) is 26.2 Å². The first-order valence-corrected chi connectivity index (χ1v) is 11.6. The fraction of sp³-hybridized carbons (Fsp3) is 0.304. The van der Waals surface area contributed by atoms with Gasteiger partial charge in [0.15, 0.2) is 0 Å². The highest BCUT2D eigenvalue weighted by molar-refractivity contribution is 7.12. The van der Waals surface area contributed by atoms with Gasteiger partial charge in [0.1, 0.15) is 10.8 Å². The molecule has 8 nitrogen and oxygen atoms in total. The Bertz CT molecular complexity index is 1260. The molecule has 0 radical (unpaired) electrons. The largest absolute Gasteiger partial charge is 0.348 e. The molecule has 0 bridgehead atoms. The molecule has 32 heavy (non-hydrogen) atoms. The van der Waals surface area contributed by atoms with Crippen LogP contribution >= 0.6 is 11.3 Å². The number of para-hydroxylation sites is 1. The Morgan fingerprint density at radius 3 is 2.66 bits per heavy atom. The van der Waals surface area contributed by atoms with Crippen LogP contribution in [0.4, 0.5) is 0 Å². The molecule has 1 N–H and O–H groups in total. The smallest absolute Gasteiger partial charge is 0.339 e. The van der Waals surface area contributed by atoms with E-state index in [1.165, 1.54) is 11.3 Å². The highest BCUT2D eigenvalue weighted by Crippen LogP contribution is 2.24. The summed E-state index contributed by atoms with van der Waals surface area (Å²) in [5.41, 5.74) is 2.23. The lowest BCUT2D eigenvalue weighted by molar-refractivity contribution is 0.0689. The van der Waals surface area contributed by atoms with Crippen LogP contribution in [0.5, 0.6) is 0 Å². The molecule has 3 aromatic heterocycles. The van der Waals surface area contributed by atoms with Gasteiger partial charge in [-0.05, 0) is 55.3 Å². The third kappa shape index (κ3) is 3.80. The Balaban J connectivity index is 1.25. The Hall–Kier alpha value is -3.46. The van der Waals surface area contributed by atoms with Crippen LogP contribution in [0, 0.1) is 12.8 Å². The second kappa shape index (κ2) is 8.58. The first kappa shape index (κ1) is 20.4. The van der Waals surface area contributed by atoms with Crippen molar-refractivity contribution in [3.8, 4) is 10.7 Å². The molecular weight excluding hydrogens is 424 g/mol. The SMILES string of the molecule is Cc1c(C(=O)N2CCC(Cc3n[nH]c(=O)n3-c3cccs3)CC2)cnn1-c1ccccc1. The Labute approximate surface area is 189 Å². The standard InChI is InChI=1S/C23H24N6O2S/c1-16-19(15-24-29(16)18-6-3-2-4-7-18)22(30)27-11-9-17(10-12-27)14-20-25-26-23(31)28(20)21-8-5-13-32-21/h2-8,13,15,17H,9-12,14H2,1H3,(H,26,31). The number of carbonyl (C=O) groups is 1. The average molecular weight is 449 g/mol. The topological polar surface area (TPSA) is 88.8 Å². The monoisotopic (exact) mass is 448 g/mol. The predicted octanol–water partition coefficient (Wildman–Crippen LogP) is 3.21. The van der Waals surface area contributed by atoms with E-state index in [0.29, 0.717) is 31.0 Å². The average Bonchev–Trinajstić information content (AvgIpc) is 3.55. The fourth-order valence-corrected chi connectivity index (χ4v) is 5.06. The molecule has 1 aromatic carbocycles. The van der Waals surface area contributed by atoms with E-state index in [1.54, 1.807) is 15.4 Å². The van der Waals surface area contributed by atoms with Crippen molar-refractivity contribution in [1.82, 2.24) is 29.4 Å². The molecule has 1 aliphatic rings. The fourth-order valence-electron chi connectivity index (χ4n) is 4.31. The normalized spacial score (nSPS) is 14.7. The molecular formula is C23H24N6O2S. The number of rotatable bonds is 5. The highest BCUT2D eigenvalue weighted by atomic mass is 32.1. The van der Waals surface area contributed by atoms with E-state index in [2.05, 4.69) is 15.3 Å². The van der Waals surface area contributed by atoms with Crippen molar-refractivity contribution in [3.05, 3.63) is 81.6 Å². The first-order valence-electron chi connectivity index (χ1n) is 10.7. The van der Waals surface area contributed by atoms with Crippen LogP contribution in [-0.4, -0.2) is 48.4 Å². The van der Waals surface area contributed by atoms with Crippen molar-refractivity contribution >= 4 is 17.2 Å². The number of aromatic nitrogens is 5. The molecule has 1 amide bonds. The van der Waals surface area contributed by atoms with E-state index in [0.717, 1.165) is 35.0 Å². The molecule has 0 unspecified atom stereocenters. The zero-order valence-corrected chi connectivity index (χ0v) is 18.6. The number of amides is 1. The molecule has 5 rings (SSSR count). The van der Waals surface area contributed by atoms with Gasteiger partial charge < -0.3 is 4.90 Å². The number of H-pyrrole nitrogens is 1. The number of benzene rings is 1. The molecule has 4 heterocycles. The van der Waals surface area contributed by atoms with E-state index in [9.17, 15) is 9.59 Å². The van der Waals surface area contributed by atoms with Gasteiger partial charge in [0, 0.05) is 19.5 Å². The van der Waals surface area contributed by atoms with Crippen LogP contribution in [0.3, 0.4) is 0 Å². The van der Waals surface area contributed by atoms with Gasteiger partial charge in [0.05, 0.1) is 23.1 Å². The van der Waals surface area contributed by atoms with Crippen LogP contribution < -0.4 is 5.69 Å². The van der Waals surface area contributed by atoms with Gasteiger partial charge in [0.25, 0.3) is 5.91 Å². The lowest BCUT2D eigenvalue weighted by atomic mass is 9.93. The van der Waals surface area contributed by atoms with E-state index in [-0.39, 0.29) is 11.6 Å². The minimum atomic E-state index is -0.207. The van der Waals surface area contributed by atoms with Gasteiger partial charge in [0.2, 0.25) is 0 Å². The van der Waals surface area contributed by atoms with Gasteiger partial charge >= 0.3 is 5.69 Å². The summed E-state index contributed by atoms with van der Waals surface area (Å²) in [6.07, 6.45) is 4.13. The Morgan fingerprint density at radius 2 is 1.94 bits per heavy atom. The van der Waals surface area contributed by atoms with Crippen molar-refractivity contribution in [2.75, 3.05) is 13.1 Å². The minimum absolute atomic E-state index is 0.0263. The van der Waals surface area contributed by atoms with E-state index in [4.69, 9.17) is 0 Å². The summed E-state index contributed by atoms with van der Waals surface area (Å²) in [6.45, 7) is 3.31. The maximum Gasteiger partial charge on any atom is 0.348 e. The van der Waals surface area contributed by atoms with Crippen molar-refractivity contribution in [2.24, 2.45) is 5.92 Å². The third-order valence-electron chi connectivity index (χ3n) is 6.08. The Kier molecular flexibility index (Phi) is 5.48. The van der Waals surface area contributed by atoms with E-state index < -0.39 is 0 Å². The lowest BCUT2D eigenvalue weighted by Gasteiger charge is -2.31. The summed E-state index contributed by atoms with van der Waals surface area (Å²) in [5, 5.41) is 14.1. The number of nitrogens with zero attached hydrogens (tertiary/aromatic N) is 5. The Morgan fingerprint density at radius 1 is 1.16 bits per heavy atom. The molecule has 1 saturated heterocycles. The van der Waals surface area contributed by atoms with Gasteiger partial charge in [-0.25, -0.2) is 19.1 Å². The zero-order valence-electron chi connectivity index (χ0n) is 17.8. The summed E-state index contributed by atoms with van der Waals surface area (Å²) in [6, 6.07) is 13.7. The van der Waals surface area contributed by atoms with Crippen LogP contribution in [0.15, 0.2) is 58.8 Å². The molecule has 0 aliphatic carbocycles. The quantitative estimate of drug-likeness (QED) is 0.508. The summed E-state index contributed by atoms with van der Waals surface area (Å²) in [7, 11) is 0. The molecule has 164 valence electrons. The van der Waals surface area contributed by atoms with Crippen LogP contribution in [0.2, 0.25) is 0 Å². The molecule has 0 saturated carbocycles. The number of carbonyl (C=O) groups excluding carboxylic acids is 1. The number of thiophene rings is 1. The van der Waals surface area contributed by atoms with Crippen LogP contribution in [0.1, 0.15) is 34.7 Å². The molecule has 0 atom stereocenters. The number of hydrogen-bond acceptors (Lipinski definition) is 5. The second-order valence-electron chi connectivity index (χ2n) is 8.06. The summed E-state index contributed by atoms with van der Waals surface area (Å²) >= 11 is 1.52. The maximum absolute atomic E-state index is 13.2. The lowest BCUT2D eigenvalue weighted by Crippen LogP contribution is -2.39. The molecule has 4 aromatic rings. The number of piperidine rings is 1. The molecule has 9 heteroatoms. The summed E-state index contributed by atoms with van der Waals surface area (Å²) in [4.78, 5) is 27.3. The van der Waals surface area contributed by atoms with Gasteiger partial charge in [-0.2, -0.15) is 10.2 Å². The third-order valence-corrected chi connectivity index (χ3v) is 6.94. The van der Waals surface area contributed by atoms with Gasteiger partial charge in [-0.3, -0.25) is 4.79 Å². The van der Waals surface area contributed by atoms with Crippen molar-refractivity contribution in [1.29, 1.82) is 0 Å². The number of likely N-dealkylation sites (tertiary alicyclic amines) is 1. The number of hydrogen-bond donors (Lipinski definition) is 1. The van der Waals surface area contributed by atoms with Crippen molar-refractivity contribution in [3.63, 3.8) is 0 Å². The highest BCUT2D eigenvalue weighted by Gasteiger charge is 2.27. The number of aromatic amines is 1. The summed E-state index contributed by atoms with van der Waals surface area (Å²) in [5.74, 6) is 1.15. The van der Waals surface area contributed by atoms with Crippen molar-refractivity contribution < 1.29 is 4.79 Å². The van der Waals surface area contributed by atoms with E-state index in [1.807, 2.05) is 59.7 Å². The van der Waals surface area contributed by atoms with Gasteiger partial charge in [-0.1, -0.05) is 18.2 Å². The van der Waals surface area contributed by atoms with E-state index >= 15 is 0 Å².